The van der Waals surface area contributed by atoms with Gasteiger partial charge in [0.25, 0.3) is 0 Å². The van der Waals surface area contributed by atoms with Crippen LogP contribution in [0.1, 0.15) is 17.0 Å². The molecule has 0 atom stereocenters. The molecule has 0 aliphatic carbocycles. The Labute approximate surface area is 145 Å². The van der Waals surface area contributed by atoms with Gasteiger partial charge in [0, 0.05) is 29.8 Å². The van der Waals surface area contributed by atoms with Gasteiger partial charge in [-0.1, -0.05) is 22.8 Å². The normalized spacial score (nSPS) is 13.4. The molecule has 0 fully saturated rings. The minimum Gasteiger partial charge on any atom is -0.488 e. The number of carbonyl (C=O) groups is 1. The molecule has 1 amide bonds. The van der Waals surface area contributed by atoms with Crippen LogP contribution in [-0.4, -0.2) is 29.6 Å². The molecule has 1 aliphatic rings. The minimum absolute atomic E-state index is 0.117. The lowest BCUT2D eigenvalue weighted by Gasteiger charge is -2.16. The lowest BCUT2D eigenvalue weighted by atomic mass is 10.1. The van der Waals surface area contributed by atoms with E-state index in [1.807, 2.05) is 31.2 Å². The van der Waals surface area contributed by atoms with E-state index in [1.165, 1.54) is 6.08 Å². The first-order chi connectivity index (χ1) is 11.5. The Hall–Kier alpha value is -2.53. The first-order valence-corrected chi connectivity index (χ1v) is 7.87. The zero-order valence-electron chi connectivity index (χ0n) is 13.5. The molecule has 24 heavy (non-hydrogen) atoms. The number of fused-ring (bicyclic) bond motifs is 1. The molecule has 6 heteroatoms. The number of nitrogens with zero attached hydrogens (tertiary/aromatic N) is 2. The van der Waals surface area contributed by atoms with Crippen LogP contribution in [-0.2, 0) is 11.3 Å². The van der Waals surface area contributed by atoms with E-state index in [0.717, 1.165) is 28.3 Å². The third-order valence-corrected chi connectivity index (χ3v) is 3.83. The van der Waals surface area contributed by atoms with Crippen molar-refractivity contribution in [3.05, 3.63) is 64.0 Å². The van der Waals surface area contributed by atoms with Crippen LogP contribution >= 0.6 is 11.6 Å². The van der Waals surface area contributed by atoms with Crippen molar-refractivity contribution < 1.29 is 14.1 Å². The van der Waals surface area contributed by atoms with Crippen LogP contribution in [0.2, 0.25) is 5.02 Å². The lowest BCUT2D eigenvalue weighted by Crippen LogP contribution is -2.24. The van der Waals surface area contributed by atoms with E-state index >= 15 is 0 Å². The molecule has 2 heterocycles. The summed E-state index contributed by atoms with van der Waals surface area (Å²) >= 11 is 5.99. The summed E-state index contributed by atoms with van der Waals surface area (Å²) in [6.07, 6.45) is 5.25. The molecule has 0 N–H and O–H groups in total. The molecular formula is C18H17ClN2O3. The monoisotopic (exact) mass is 344 g/mol. The van der Waals surface area contributed by atoms with Crippen LogP contribution in [0.25, 0.3) is 6.08 Å². The number of hydrogen-bond acceptors (Lipinski definition) is 4. The van der Waals surface area contributed by atoms with Crippen molar-refractivity contribution in [3.8, 4) is 5.75 Å². The highest BCUT2D eigenvalue weighted by atomic mass is 35.5. The molecule has 5 nitrogen and oxygen atoms in total. The summed E-state index contributed by atoms with van der Waals surface area (Å²) in [6.45, 7) is 2.64. The molecule has 1 aliphatic heterocycles. The van der Waals surface area contributed by atoms with E-state index in [-0.39, 0.29) is 5.91 Å². The van der Waals surface area contributed by atoms with Crippen LogP contribution in [0.5, 0.6) is 5.75 Å². The van der Waals surface area contributed by atoms with E-state index in [1.54, 1.807) is 24.1 Å². The zero-order chi connectivity index (χ0) is 17.1. The number of carbonyl (C=O) groups excluding carboxylic acids is 1. The van der Waals surface area contributed by atoms with Crippen LogP contribution in [0.3, 0.4) is 0 Å². The first-order valence-electron chi connectivity index (χ1n) is 7.49. The predicted molar refractivity (Wildman–Crippen MR) is 91.8 cm³/mol. The van der Waals surface area contributed by atoms with E-state index in [9.17, 15) is 4.79 Å². The van der Waals surface area contributed by atoms with Crippen LogP contribution in [0, 0.1) is 6.92 Å². The van der Waals surface area contributed by atoms with Gasteiger partial charge >= 0.3 is 0 Å². The second-order valence-corrected chi connectivity index (χ2v) is 6.08. The number of hydrogen-bond donors (Lipinski definition) is 0. The Kier molecular flexibility index (Phi) is 4.71. The first kappa shape index (κ1) is 16.3. The number of aromatic nitrogens is 1. The van der Waals surface area contributed by atoms with Gasteiger partial charge in [0.15, 0.2) is 0 Å². The van der Waals surface area contributed by atoms with Gasteiger partial charge in [0.2, 0.25) is 5.91 Å². The van der Waals surface area contributed by atoms with Crippen molar-refractivity contribution in [2.45, 2.75) is 13.5 Å². The highest BCUT2D eigenvalue weighted by molar-refractivity contribution is 6.30. The molecule has 0 saturated heterocycles. The zero-order valence-corrected chi connectivity index (χ0v) is 14.2. The van der Waals surface area contributed by atoms with E-state index < -0.39 is 0 Å². The molecule has 1 aromatic carbocycles. The Bertz CT molecular complexity index is 823. The van der Waals surface area contributed by atoms with Crippen LogP contribution < -0.4 is 4.74 Å². The smallest absolute Gasteiger partial charge is 0.246 e. The Morgan fingerprint density at radius 2 is 2.25 bits per heavy atom. The number of amides is 1. The molecule has 1 aromatic heterocycles. The average Bonchev–Trinajstić information content (AvgIpc) is 2.97. The minimum atomic E-state index is -0.117. The van der Waals surface area contributed by atoms with Gasteiger partial charge in [-0.25, -0.2) is 0 Å². The van der Waals surface area contributed by atoms with E-state index in [0.29, 0.717) is 18.2 Å². The van der Waals surface area contributed by atoms with Crippen molar-refractivity contribution in [2.75, 3.05) is 13.7 Å². The fourth-order valence-corrected chi connectivity index (χ4v) is 2.56. The third-order valence-electron chi connectivity index (χ3n) is 3.60. The Balaban J connectivity index is 1.65. The SMILES string of the molecule is Cc1cc(CN(C)C(=O)/C=C/C2=Cc3cc(Cl)ccc3OC2)no1. The van der Waals surface area contributed by atoms with Gasteiger partial charge < -0.3 is 14.2 Å². The second kappa shape index (κ2) is 6.93. The van der Waals surface area contributed by atoms with Crippen LogP contribution in [0.4, 0.5) is 0 Å². The number of halogens is 1. The highest BCUT2D eigenvalue weighted by Crippen LogP contribution is 2.29. The molecule has 2 aromatic rings. The van der Waals surface area contributed by atoms with Crippen molar-refractivity contribution >= 4 is 23.6 Å². The highest BCUT2D eigenvalue weighted by Gasteiger charge is 2.12. The van der Waals surface area contributed by atoms with Gasteiger partial charge in [-0.05, 0) is 36.8 Å². The molecule has 0 spiro atoms. The molecule has 0 bridgehead atoms. The van der Waals surface area contributed by atoms with Gasteiger partial charge in [-0.2, -0.15) is 0 Å². The summed E-state index contributed by atoms with van der Waals surface area (Å²) in [7, 11) is 1.72. The van der Waals surface area contributed by atoms with Gasteiger partial charge in [0.1, 0.15) is 23.8 Å². The summed E-state index contributed by atoms with van der Waals surface area (Å²) in [5.74, 6) is 1.40. The quantitative estimate of drug-likeness (QED) is 0.795. The number of likely N-dealkylation sites (N-methyl/N-ethyl adjacent to an activating group) is 1. The molecule has 0 saturated carbocycles. The fourth-order valence-electron chi connectivity index (χ4n) is 2.38. The fraction of sp³-hybridized carbons (Fsp3) is 0.222. The molecule has 3 rings (SSSR count). The standard InChI is InChI=1S/C18H17ClN2O3/c1-12-7-16(20-24-12)10-21(2)18(22)6-3-13-8-14-9-15(19)4-5-17(14)23-11-13/h3-9H,10-11H2,1-2H3/b6-3+. The summed E-state index contributed by atoms with van der Waals surface area (Å²) in [5, 5.41) is 4.54. The van der Waals surface area contributed by atoms with Crippen molar-refractivity contribution in [3.63, 3.8) is 0 Å². The van der Waals surface area contributed by atoms with Crippen molar-refractivity contribution in [1.29, 1.82) is 0 Å². The number of rotatable bonds is 4. The maximum Gasteiger partial charge on any atom is 0.246 e. The average molecular weight is 345 g/mol. The maximum absolute atomic E-state index is 12.2. The summed E-state index contributed by atoms with van der Waals surface area (Å²) in [6, 6.07) is 7.28. The van der Waals surface area contributed by atoms with Gasteiger partial charge in [-0.3, -0.25) is 4.79 Å². The molecule has 124 valence electrons. The summed E-state index contributed by atoms with van der Waals surface area (Å²) in [5.41, 5.74) is 2.54. The largest absolute Gasteiger partial charge is 0.488 e. The van der Waals surface area contributed by atoms with Crippen molar-refractivity contribution in [1.82, 2.24) is 10.1 Å². The Morgan fingerprint density at radius 3 is 3.00 bits per heavy atom. The number of ether oxygens (including phenoxy) is 1. The lowest BCUT2D eigenvalue weighted by molar-refractivity contribution is -0.125. The second-order valence-electron chi connectivity index (χ2n) is 5.65. The van der Waals surface area contributed by atoms with E-state index in [4.69, 9.17) is 20.9 Å². The predicted octanol–water partition coefficient (Wildman–Crippen LogP) is 3.63. The maximum atomic E-state index is 12.2. The molecule has 0 radical (unpaired) electrons. The number of benzene rings is 1. The van der Waals surface area contributed by atoms with E-state index in [2.05, 4.69) is 5.16 Å². The number of aryl methyl sites for hydroxylation is 1. The van der Waals surface area contributed by atoms with Gasteiger partial charge in [0.05, 0.1) is 6.54 Å². The summed E-state index contributed by atoms with van der Waals surface area (Å²) in [4.78, 5) is 13.8. The molecular weight excluding hydrogens is 328 g/mol. The third kappa shape index (κ3) is 3.86. The Morgan fingerprint density at radius 1 is 1.42 bits per heavy atom. The van der Waals surface area contributed by atoms with Gasteiger partial charge in [-0.15, -0.1) is 0 Å². The molecule has 0 unspecified atom stereocenters. The topological polar surface area (TPSA) is 55.6 Å². The van der Waals surface area contributed by atoms with Crippen LogP contribution in [0.15, 0.2) is 46.5 Å². The summed E-state index contributed by atoms with van der Waals surface area (Å²) < 4.78 is 10.7. The van der Waals surface area contributed by atoms with Crippen molar-refractivity contribution in [2.24, 2.45) is 0 Å².